The number of nitrogens with one attached hydrogen (secondary N) is 2. The second-order valence-electron chi connectivity index (χ2n) is 8.37. The third-order valence-electron chi connectivity index (χ3n) is 5.93. The van der Waals surface area contributed by atoms with Crippen LogP contribution in [0.5, 0.6) is 0 Å². The molecule has 0 bridgehead atoms. The highest BCUT2D eigenvalue weighted by molar-refractivity contribution is 5.86. The fourth-order valence-electron chi connectivity index (χ4n) is 3.94. The lowest BCUT2D eigenvalue weighted by atomic mass is 10.1. The van der Waals surface area contributed by atoms with Crippen LogP contribution in [0.2, 0.25) is 0 Å². The molecule has 32 heavy (non-hydrogen) atoms. The molecule has 0 saturated carbocycles. The lowest BCUT2D eigenvalue weighted by Crippen LogP contribution is -2.50. The SMILES string of the molecule is C[C@H](NC(=O)[C@H]1CCN(C(=O)[C@@H]2CCN(C(=O)[C@H](O)[C@H](C)NC(=O)O)C2)C1)[C@@H](O)C(N)=O. The van der Waals surface area contributed by atoms with Crippen molar-refractivity contribution >= 4 is 29.7 Å². The van der Waals surface area contributed by atoms with Crippen LogP contribution >= 0.6 is 0 Å². The van der Waals surface area contributed by atoms with Gasteiger partial charge in [0.15, 0.2) is 12.2 Å². The largest absolute Gasteiger partial charge is 0.465 e. The van der Waals surface area contributed by atoms with Crippen LogP contribution < -0.4 is 16.4 Å². The van der Waals surface area contributed by atoms with Gasteiger partial charge in [-0.3, -0.25) is 19.2 Å². The van der Waals surface area contributed by atoms with Crippen LogP contribution in [0.15, 0.2) is 0 Å². The summed E-state index contributed by atoms with van der Waals surface area (Å²) in [7, 11) is 0. The molecule has 2 fully saturated rings. The number of carbonyl (C=O) groups excluding carboxylic acids is 4. The molecule has 5 amide bonds. The summed E-state index contributed by atoms with van der Waals surface area (Å²) in [5, 5.41) is 33.0. The summed E-state index contributed by atoms with van der Waals surface area (Å²) in [4.78, 5) is 62.3. The monoisotopic (exact) mass is 457 g/mol. The lowest BCUT2D eigenvalue weighted by molar-refractivity contribution is -0.141. The van der Waals surface area contributed by atoms with Crippen LogP contribution in [0.4, 0.5) is 4.79 Å². The number of rotatable bonds is 8. The van der Waals surface area contributed by atoms with Crippen molar-refractivity contribution in [2.75, 3.05) is 26.2 Å². The number of amides is 5. The molecule has 2 heterocycles. The first-order valence-corrected chi connectivity index (χ1v) is 10.4. The molecule has 2 aliphatic rings. The zero-order valence-electron chi connectivity index (χ0n) is 18.1. The lowest BCUT2D eigenvalue weighted by Gasteiger charge is -2.25. The zero-order valence-corrected chi connectivity index (χ0v) is 18.1. The predicted molar refractivity (Wildman–Crippen MR) is 109 cm³/mol. The standard InChI is InChI=1S/C19H31N5O8/c1-9(13(25)15(20)27)21-16(28)11-3-5-23(7-11)17(29)12-4-6-24(8-12)18(30)14(26)10(2)22-19(31)32/h9-14,22,25-26H,3-8H2,1-2H3,(H2,20,27)(H,21,28)(H,31,32)/t9-,10-,11-,12+,13+,14+/m0/s1. The minimum absolute atomic E-state index is 0.101. The maximum Gasteiger partial charge on any atom is 0.404 e. The van der Waals surface area contributed by atoms with Crippen LogP contribution in [-0.2, 0) is 19.2 Å². The van der Waals surface area contributed by atoms with Crippen LogP contribution in [0.3, 0.4) is 0 Å². The number of aliphatic hydroxyl groups is 2. The van der Waals surface area contributed by atoms with Crippen molar-refractivity contribution in [3.05, 3.63) is 0 Å². The first-order chi connectivity index (χ1) is 14.9. The van der Waals surface area contributed by atoms with Crippen molar-refractivity contribution < 1.29 is 39.3 Å². The van der Waals surface area contributed by atoms with Crippen molar-refractivity contribution in [3.63, 3.8) is 0 Å². The molecular weight excluding hydrogens is 426 g/mol. The number of aliphatic hydroxyl groups excluding tert-OH is 2. The van der Waals surface area contributed by atoms with Gasteiger partial charge in [-0.1, -0.05) is 0 Å². The van der Waals surface area contributed by atoms with Gasteiger partial charge in [0.1, 0.15) is 0 Å². The Bertz CT molecular complexity index is 762. The number of carbonyl (C=O) groups is 5. The van der Waals surface area contributed by atoms with E-state index in [1.54, 1.807) is 4.90 Å². The normalized spacial score (nSPS) is 24.4. The first-order valence-electron chi connectivity index (χ1n) is 10.4. The average Bonchev–Trinajstić information content (AvgIpc) is 3.40. The number of primary amides is 1. The molecule has 13 nitrogen and oxygen atoms in total. The van der Waals surface area contributed by atoms with Gasteiger partial charge in [0.05, 0.1) is 23.9 Å². The van der Waals surface area contributed by atoms with Crippen molar-refractivity contribution in [2.24, 2.45) is 17.6 Å². The fraction of sp³-hybridized carbons (Fsp3) is 0.737. The molecule has 0 spiro atoms. The summed E-state index contributed by atoms with van der Waals surface area (Å²) >= 11 is 0. The molecule has 2 saturated heterocycles. The van der Waals surface area contributed by atoms with E-state index in [1.807, 2.05) is 5.32 Å². The third kappa shape index (κ3) is 6.07. The summed E-state index contributed by atoms with van der Waals surface area (Å²) in [5.41, 5.74) is 5.02. The van der Waals surface area contributed by atoms with Gasteiger partial charge >= 0.3 is 6.09 Å². The molecule has 7 N–H and O–H groups in total. The van der Waals surface area contributed by atoms with E-state index in [0.29, 0.717) is 19.4 Å². The highest BCUT2D eigenvalue weighted by atomic mass is 16.4. The van der Waals surface area contributed by atoms with Crippen LogP contribution in [0, 0.1) is 11.8 Å². The Hall–Kier alpha value is -2.93. The van der Waals surface area contributed by atoms with E-state index in [2.05, 4.69) is 5.32 Å². The van der Waals surface area contributed by atoms with Crippen molar-refractivity contribution in [1.82, 2.24) is 20.4 Å². The fourth-order valence-corrected chi connectivity index (χ4v) is 3.94. The molecular formula is C19H31N5O8. The summed E-state index contributed by atoms with van der Waals surface area (Å²) in [6.45, 7) is 3.72. The van der Waals surface area contributed by atoms with Gasteiger partial charge in [0, 0.05) is 26.2 Å². The van der Waals surface area contributed by atoms with E-state index in [1.165, 1.54) is 18.7 Å². The molecule has 0 aliphatic carbocycles. The van der Waals surface area contributed by atoms with E-state index in [0.717, 1.165) is 0 Å². The van der Waals surface area contributed by atoms with E-state index in [9.17, 15) is 34.2 Å². The van der Waals surface area contributed by atoms with Crippen molar-refractivity contribution in [1.29, 1.82) is 0 Å². The second kappa shape index (κ2) is 10.6. The van der Waals surface area contributed by atoms with E-state index >= 15 is 0 Å². The first kappa shape index (κ1) is 25.3. The minimum atomic E-state index is -1.56. The predicted octanol–water partition coefficient (Wildman–Crippen LogP) is -2.95. The van der Waals surface area contributed by atoms with Gasteiger partial charge in [0.2, 0.25) is 17.7 Å². The van der Waals surface area contributed by atoms with Crippen molar-refractivity contribution in [3.8, 4) is 0 Å². The van der Waals surface area contributed by atoms with Crippen LogP contribution in [0.1, 0.15) is 26.7 Å². The van der Waals surface area contributed by atoms with Crippen LogP contribution in [0.25, 0.3) is 0 Å². The molecule has 13 heteroatoms. The maximum atomic E-state index is 12.9. The molecule has 0 radical (unpaired) electrons. The molecule has 0 aromatic carbocycles. The van der Waals surface area contributed by atoms with E-state index in [-0.39, 0.29) is 31.4 Å². The summed E-state index contributed by atoms with van der Waals surface area (Å²) in [6, 6.07) is -1.85. The Kier molecular flexibility index (Phi) is 8.38. The number of nitrogens with zero attached hydrogens (tertiary/aromatic N) is 2. The van der Waals surface area contributed by atoms with E-state index < -0.39 is 54.0 Å². The summed E-state index contributed by atoms with van der Waals surface area (Å²) < 4.78 is 0. The Balaban J connectivity index is 1.86. The second-order valence-corrected chi connectivity index (χ2v) is 8.37. The number of carboxylic acid groups (broad SMARTS) is 1. The third-order valence-corrected chi connectivity index (χ3v) is 5.93. The van der Waals surface area contributed by atoms with Gasteiger partial charge in [-0.15, -0.1) is 0 Å². The van der Waals surface area contributed by atoms with E-state index in [4.69, 9.17) is 10.8 Å². The van der Waals surface area contributed by atoms with Gasteiger partial charge < -0.3 is 41.5 Å². The molecule has 0 aromatic heterocycles. The molecule has 2 aliphatic heterocycles. The topological polar surface area (TPSA) is 203 Å². The number of hydrogen-bond donors (Lipinski definition) is 6. The molecule has 6 atom stereocenters. The Morgan fingerprint density at radius 1 is 0.875 bits per heavy atom. The summed E-state index contributed by atoms with van der Waals surface area (Å²) in [5.74, 6) is -3.16. The van der Waals surface area contributed by atoms with Crippen molar-refractivity contribution in [2.45, 2.75) is 51.0 Å². The number of hydrogen-bond acceptors (Lipinski definition) is 7. The molecule has 0 unspecified atom stereocenters. The quantitative estimate of drug-likeness (QED) is 0.222. The maximum absolute atomic E-state index is 12.9. The number of likely N-dealkylation sites (tertiary alicyclic amines) is 2. The van der Waals surface area contributed by atoms with Gasteiger partial charge in [-0.2, -0.15) is 0 Å². The Morgan fingerprint density at radius 2 is 1.41 bits per heavy atom. The Labute approximate surface area is 184 Å². The molecule has 2 rings (SSSR count). The number of nitrogens with two attached hydrogens (primary N) is 1. The summed E-state index contributed by atoms with van der Waals surface area (Å²) in [6.07, 6.45) is -3.61. The molecule has 0 aromatic rings. The van der Waals surface area contributed by atoms with Gasteiger partial charge in [0.25, 0.3) is 5.91 Å². The van der Waals surface area contributed by atoms with Crippen LogP contribution in [-0.4, -0.2) is 105 Å². The van der Waals surface area contributed by atoms with Gasteiger partial charge in [-0.25, -0.2) is 4.79 Å². The van der Waals surface area contributed by atoms with Gasteiger partial charge in [-0.05, 0) is 26.7 Å². The molecule has 180 valence electrons. The zero-order chi connectivity index (χ0) is 24.2. The highest BCUT2D eigenvalue weighted by Gasteiger charge is 2.40. The Morgan fingerprint density at radius 3 is 2.00 bits per heavy atom. The smallest absolute Gasteiger partial charge is 0.404 e. The average molecular weight is 457 g/mol. The minimum Gasteiger partial charge on any atom is -0.465 e. The highest BCUT2D eigenvalue weighted by Crippen LogP contribution is 2.24.